The lowest BCUT2D eigenvalue weighted by atomic mass is 10.1. The summed E-state index contributed by atoms with van der Waals surface area (Å²) in [6, 6.07) is 6.18. The van der Waals surface area contributed by atoms with Gasteiger partial charge < -0.3 is 10.5 Å². The van der Waals surface area contributed by atoms with Gasteiger partial charge in [-0.25, -0.2) is 0 Å². The number of primary amides is 1. The minimum absolute atomic E-state index is 0.231. The van der Waals surface area contributed by atoms with Gasteiger partial charge in [-0.3, -0.25) is 4.79 Å². The topological polar surface area (TPSA) is 78.1 Å². The van der Waals surface area contributed by atoms with Crippen molar-refractivity contribution < 1.29 is 9.53 Å². The van der Waals surface area contributed by atoms with Crippen molar-refractivity contribution in [1.82, 2.24) is 10.2 Å². The molecule has 2 N–H and O–H groups in total. The summed E-state index contributed by atoms with van der Waals surface area (Å²) >= 11 is 4.37. The number of ether oxygens (including phenoxy) is 1. The van der Waals surface area contributed by atoms with E-state index in [-0.39, 0.29) is 11.7 Å². The molecule has 2 rings (SSSR count). The first-order valence-corrected chi connectivity index (χ1v) is 9.40. The van der Waals surface area contributed by atoms with Gasteiger partial charge in [-0.05, 0) is 37.1 Å². The Balaban J connectivity index is 1.73. The maximum absolute atomic E-state index is 10.7. The molecule has 0 radical (unpaired) electrons. The zero-order chi connectivity index (χ0) is 15.9. The molecule has 0 aliphatic rings. The normalized spacial score (nSPS) is 10.6. The van der Waals surface area contributed by atoms with Crippen LogP contribution in [0.1, 0.15) is 11.1 Å². The Hall–Kier alpha value is -1.25. The molecule has 1 amide bonds. The summed E-state index contributed by atoms with van der Waals surface area (Å²) in [5.74, 6) is 1.57. The Morgan fingerprint density at radius 2 is 1.82 bits per heavy atom. The van der Waals surface area contributed by atoms with E-state index >= 15 is 0 Å². The van der Waals surface area contributed by atoms with Gasteiger partial charge in [-0.1, -0.05) is 40.9 Å². The minimum atomic E-state index is -0.351. The predicted molar refractivity (Wildman–Crippen MR) is 92.0 cm³/mol. The second-order valence-corrected chi connectivity index (χ2v) is 8.15. The van der Waals surface area contributed by atoms with Gasteiger partial charge in [0.25, 0.3) is 0 Å². The van der Waals surface area contributed by atoms with Gasteiger partial charge in [0.05, 0.1) is 12.4 Å². The molecule has 0 aliphatic heterocycles. The first kappa shape index (κ1) is 17.1. The van der Waals surface area contributed by atoms with E-state index in [0.29, 0.717) is 6.61 Å². The molecule has 1 aromatic heterocycles. The van der Waals surface area contributed by atoms with Crippen molar-refractivity contribution in [3.8, 4) is 5.75 Å². The van der Waals surface area contributed by atoms with Crippen molar-refractivity contribution in [2.45, 2.75) is 22.5 Å². The van der Waals surface area contributed by atoms with Gasteiger partial charge >= 0.3 is 0 Å². The summed E-state index contributed by atoms with van der Waals surface area (Å²) < 4.78 is 7.38. The average molecular weight is 356 g/mol. The monoisotopic (exact) mass is 355 g/mol. The Bertz CT molecular complexity index is 626. The lowest BCUT2D eigenvalue weighted by Gasteiger charge is -2.07. The minimum Gasteiger partial charge on any atom is -0.493 e. The highest BCUT2D eigenvalue weighted by Gasteiger charge is 2.07. The third kappa shape index (κ3) is 5.86. The highest BCUT2D eigenvalue weighted by molar-refractivity contribution is 8.03. The number of nitrogens with two attached hydrogens (primary N) is 1. The lowest BCUT2D eigenvalue weighted by Crippen LogP contribution is -2.12. The standard InChI is InChI=1S/C14H17N3O2S3/c1-9-5-10(2)7-11(6-9)19-3-4-20-13-16-17-14(22-13)21-8-12(15)18/h5-7H,3-4,8H2,1-2H3,(H2,15,18). The number of rotatable bonds is 8. The van der Waals surface area contributed by atoms with Crippen LogP contribution in [0.15, 0.2) is 26.9 Å². The highest BCUT2D eigenvalue weighted by Crippen LogP contribution is 2.28. The molecule has 0 saturated carbocycles. The first-order chi connectivity index (χ1) is 10.5. The molecule has 0 fully saturated rings. The van der Waals surface area contributed by atoms with Crippen LogP contribution < -0.4 is 10.5 Å². The number of hydrogen-bond donors (Lipinski definition) is 1. The van der Waals surface area contributed by atoms with Crippen LogP contribution in [-0.2, 0) is 4.79 Å². The molecule has 0 saturated heterocycles. The number of thioether (sulfide) groups is 2. The number of aryl methyl sites for hydroxylation is 2. The number of aromatic nitrogens is 2. The van der Waals surface area contributed by atoms with E-state index < -0.39 is 0 Å². The van der Waals surface area contributed by atoms with Crippen LogP contribution >= 0.6 is 34.9 Å². The quantitative estimate of drug-likeness (QED) is 0.579. The SMILES string of the molecule is Cc1cc(C)cc(OCCSc2nnc(SCC(N)=O)s2)c1. The van der Waals surface area contributed by atoms with Crippen LogP contribution in [0.4, 0.5) is 0 Å². The smallest absolute Gasteiger partial charge is 0.227 e. The summed E-state index contributed by atoms with van der Waals surface area (Å²) in [4.78, 5) is 10.7. The lowest BCUT2D eigenvalue weighted by molar-refractivity contribution is -0.115. The summed E-state index contributed by atoms with van der Waals surface area (Å²) in [6.07, 6.45) is 0. The largest absolute Gasteiger partial charge is 0.493 e. The van der Waals surface area contributed by atoms with Crippen LogP contribution in [0.3, 0.4) is 0 Å². The van der Waals surface area contributed by atoms with Gasteiger partial charge in [-0.2, -0.15) is 0 Å². The van der Waals surface area contributed by atoms with Crippen molar-refractivity contribution in [2.24, 2.45) is 5.73 Å². The molecular weight excluding hydrogens is 338 g/mol. The zero-order valence-electron chi connectivity index (χ0n) is 12.4. The van der Waals surface area contributed by atoms with E-state index in [1.807, 2.05) is 12.1 Å². The molecule has 22 heavy (non-hydrogen) atoms. The molecule has 1 heterocycles. The summed E-state index contributed by atoms with van der Waals surface area (Å²) in [5, 5.41) is 8.08. The Morgan fingerprint density at radius 1 is 1.18 bits per heavy atom. The van der Waals surface area contributed by atoms with Crippen LogP contribution in [-0.4, -0.2) is 34.2 Å². The van der Waals surface area contributed by atoms with E-state index in [4.69, 9.17) is 10.5 Å². The van der Waals surface area contributed by atoms with E-state index in [9.17, 15) is 4.79 Å². The molecule has 0 atom stereocenters. The van der Waals surface area contributed by atoms with Crippen LogP contribution in [0.2, 0.25) is 0 Å². The molecule has 0 aliphatic carbocycles. The number of carbonyl (C=O) groups excluding carboxylic acids is 1. The fourth-order valence-electron chi connectivity index (χ4n) is 1.75. The Labute approximate surface area is 142 Å². The van der Waals surface area contributed by atoms with Crippen molar-refractivity contribution >= 4 is 40.8 Å². The molecule has 0 bridgehead atoms. The molecule has 1 aromatic carbocycles. The van der Waals surface area contributed by atoms with E-state index in [1.165, 1.54) is 34.2 Å². The fraction of sp³-hybridized carbons (Fsp3) is 0.357. The fourth-order valence-corrected chi connectivity index (χ4v) is 4.40. The number of hydrogen-bond acceptors (Lipinski definition) is 7. The molecular formula is C14H17N3O2S3. The number of nitrogens with zero attached hydrogens (tertiary/aromatic N) is 2. The van der Waals surface area contributed by atoms with Gasteiger partial charge in [0.15, 0.2) is 8.68 Å². The summed E-state index contributed by atoms with van der Waals surface area (Å²) in [5.41, 5.74) is 7.49. The van der Waals surface area contributed by atoms with E-state index in [2.05, 4.69) is 30.1 Å². The van der Waals surface area contributed by atoms with Crippen molar-refractivity contribution in [2.75, 3.05) is 18.1 Å². The van der Waals surface area contributed by atoms with Crippen molar-refractivity contribution in [1.29, 1.82) is 0 Å². The molecule has 0 unspecified atom stereocenters. The van der Waals surface area contributed by atoms with Crippen LogP contribution in [0.5, 0.6) is 5.75 Å². The first-order valence-electron chi connectivity index (χ1n) is 6.61. The van der Waals surface area contributed by atoms with E-state index in [1.54, 1.807) is 11.8 Å². The highest BCUT2D eigenvalue weighted by atomic mass is 32.2. The predicted octanol–water partition coefficient (Wildman–Crippen LogP) is 2.90. The number of amides is 1. The molecule has 2 aromatic rings. The van der Waals surface area contributed by atoms with Crippen molar-refractivity contribution in [3.05, 3.63) is 29.3 Å². The maximum atomic E-state index is 10.7. The van der Waals surface area contributed by atoms with Crippen LogP contribution in [0, 0.1) is 13.8 Å². The average Bonchev–Trinajstić information content (AvgIpc) is 2.88. The van der Waals surface area contributed by atoms with Gasteiger partial charge in [0.1, 0.15) is 5.75 Å². The Morgan fingerprint density at radius 3 is 2.45 bits per heavy atom. The maximum Gasteiger partial charge on any atom is 0.227 e. The van der Waals surface area contributed by atoms with Gasteiger partial charge in [0.2, 0.25) is 5.91 Å². The molecule has 0 spiro atoms. The van der Waals surface area contributed by atoms with Gasteiger partial charge in [0, 0.05) is 5.75 Å². The summed E-state index contributed by atoms with van der Waals surface area (Å²) in [7, 11) is 0. The molecule has 8 heteroatoms. The third-order valence-electron chi connectivity index (χ3n) is 2.50. The molecule has 118 valence electrons. The zero-order valence-corrected chi connectivity index (χ0v) is 14.8. The number of carbonyl (C=O) groups is 1. The van der Waals surface area contributed by atoms with E-state index in [0.717, 1.165) is 20.2 Å². The van der Waals surface area contributed by atoms with Gasteiger partial charge in [-0.15, -0.1) is 10.2 Å². The third-order valence-corrected chi connectivity index (χ3v) is 5.68. The van der Waals surface area contributed by atoms with Crippen molar-refractivity contribution in [3.63, 3.8) is 0 Å². The van der Waals surface area contributed by atoms with Crippen LogP contribution in [0.25, 0.3) is 0 Å². The second kappa shape index (κ2) is 8.40. The number of benzene rings is 1. The second-order valence-electron chi connectivity index (χ2n) is 4.61. The summed E-state index contributed by atoms with van der Waals surface area (Å²) in [6.45, 7) is 4.72. The Kier molecular flexibility index (Phi) is 6.53. The molecule has 5 nitrogen and oxygen atoms in total.